The largest absolute Gasteiger partial charge is 0.377 e. The molecule has 0 radical (unpaired) electrons. The molecule has 0 saturated carbocycles. The van der Waals surface area contributed by atoms with E-state index in [1.807, 2.05) is 80.8 Å². The van der Waals surface area contributed by atoms with Gasteiger partial charge in [-0.25, -0.2) is 4.98 Å². The molecule has 0 spiro atoms. The van der Waals surface area contributed by atoms with E-state index in [0.29, 0.717) is 5.13 Å². The molecule has 6 nitrogen and oxygen atoms in total. The van der Waals surface area contributed by atoms with E-state index in [2.05, 4.69) is 48.5 Å². The molecule has 0 N–H and O–H groups in total. The van der Waals surface area contributed by atoms with Gasteiger partial charge in [-0.05, 0) is 48.5 Å². The molecule has 0 unspecified atom stereocenters. The summed E-state index contributed by atoms with van der Waals surface area (Å²) in [5, 5.41) is 20.3. The number of nitrogens with zero attached hydrogens (tertiary/aromatic N) is 6. The summed E-state index contributed by atoms with van der Waals surface area (Å²) in [6.07, 6.45) is 0. The van der Waals surface area contributed by atoms with Crippen LogP contribution in [-0.2, 0) is 0 Å². The average Bonchev–Trinajstić information content (AvgIpc) is 3.25. The van der Waals surface area contributed by atoms with Gasteiger partial charge in [-0.3, -0.25) is 0 Å². The summed E-state index contributed by atoms with van der Waals surface area (Å²) in [4.78, 5) is 6.57. The summed E-state index contributed by atoms with van der Waals surface area (Å²) in [6, 6.07) is 27.8. The van der Waals surface area contributed by atoms with Crippen LogP contribution in [0, 0.1) is 0 Å². The van der Waals surface area contributed by atoms with Crippen LogP contribution in [0.25, 0.3) is 21.0 Å². The van der Waals surface area contributed by atoms with Gasteiger partial charge in [0.1, 0.15) is 0 Å². The molecule has 0 saturated heterocycles. The quantitative estimate of drug-likeness (QED) is 0.260. The Balaban J connectivity index is 1.35. The highest BCUT2D eigenvalue weighted by molar-refractivity contribution is 7.21. The van der Waals surface area contributed by atoms with E-state index in [0.717, 1.165) is 43.7 Å². The minimum absolute atomic E-state index is 0.642. The number of benzene rings is 4. The Labute approximate surface area is 189 Å². The van der Waals surface area contributed by atoms with Crippen LogP contribution in [0.2, 0.25) is 0 Å². The number of hydrogen-bond acceptors (Lipinski definition) is 7. The van der Waals surface area contributed by atoms with E-state index in [9.17, 15) is 0 Å². The number of rotatable bonds is 5. The third kappa shape index (κ3) is 4.10. The Hall–Kier alpha value is -3.97. The number of thiazole rings is 1. The summed E-state index contributed by atoms with van der Waals surface area (Å²) >= 11 is 1.52. The molecule has 1 heterocycles. The summed E-state index contributed by atoms with van der Waals surface area (Å²) in [6.45, 7) is 0. The van der Waals surface area contributed by atoms with Gasteiger partial charge in [-0.2, -0.15) is 5.11 Å². The molecule has 0 amide bonds. The van der Waals surface area contributed by atoms with E-state index < -0.39 is 0 Å². The lowest BCUT2D eigenvalue weighted by Gasteiger charge is -2.16. The number of aromatic nitrogens is 1. The number of fused-ring (bicyclic) bond motifs is 2. The molecule has 0 atom stereocenters. The van der Waals surface area contributed by atoms with Crippen molar-refractivity contribution in [1.29, 1.82) is 0 Å². The molecule has 156 valence electrons. The maximum Gasteiger partial charge on any atom is 0.231 e. The van der Waals surface area contributed by atoms with E-state index >= 15 is 0 Å². The highest BCUT2D eigenvalue weighted by Crippen LogP contribution is 2.34. The third-order valence-electron chi connectivity index (χ3n) is 5.02. The first-order chi connectivity index (χ1) is 15.7. The zero-order valence-electron chi connectivity index (χ0n) is 17.7. The van der Waals surface area contributed by atoms with E-state index in [1.54, 1.807) is 0 Å². The van der Waals surface area contributed by atoms with Crippen molar-refractivity contribution < 1.29 is 0 Å². The van der Waals surface area contributed by atoms with Crippen molar-refractivity contribution >= 4 is 60.2 Å². The van der Waals surface area contributed by atoms with Crippen LogP contribution in [0.15, 0.2) is 105 Å². The van der Waals surface area contributed by atoms with Crippen molar-refractivity contribution in [3.8, 4) is 0 Å². The number of anilines is 1. The van der Waals surface area contributed by atoms with Crippen LogP contribution < -0.4 is 4.90 Å². The van der Waals surface area contributed by atoms with Gasteiger partial charge in [0.2, 0.25) is 5.13 Å². The zero-order chi connectivity index (χ0) is 21.9. The van der Waals surface area contributed by atoms with Crippen molar-refractivity contribution in [2.75, 3.05) is 19.0 Å². The van der Waals surface area contributed by atoms with Crippen LogP contribution in [0.3, 0.4) is 0 Å². The lowest BCUT2D eigenvalue weighted by Crippen LogP contribution is -2.08. The molecule has 7 heteroatoms. The molecule has 0 aliphatic heterocycles. The minimum atomic E-state index is 0.642. The van der Waals surface area contributed by atoms with Gasteiger partial charge in [0.25, 0.3) is 0 Å². The molecule has 0 bridgehead atoms. The maximum absolute atomic E-state index is 4.50. The molecule has 0 fully saturated rings. The fourth-order valence-electron chi connectivity index (χ4n) is 3.45. The van der Waals surface area contributed by atoms with Gasteiger partial charge < -0.3 is 4.90 Å². The van der Waals surface area contributed by atoms with E-state index in [4.69, 9.17) is 0 Å². The molecule has 0 aliphatic rings. The van der Waals surface area contributed by atoms with Gasteiger partial charge in [0, 0.05) is 30.6 Å². The summed E-state index contributed by atoms with van der Waals surface area (Å²) < 4.78 is 1.10. The van der Waals surface area contributed by atoms with Crippen LogP contribution in [0.4, 0.5) is 27.9 Å². The Kier molecular flexibility index (Phi) is 5.39. The van der Waals surface area contributed by atoms with Gasteiger partial charge in [0.05, 0.1) is 27.3 Å². The van der Waals surface area contributed by atoms with Crippen LogP contribution in [-0.4, -0.2) is 19.1 Å². The number of azo groups is 2. The van der Waals surface area contributed by atoms with Crippen molar-refractivity contribution in [1.82, 2.24) is 4.98 Å². The van der Waals surface area contributed by atoms with Gasteiger partial charge in [-0.1, -0.05) is 47.7 Å². The molecule has 5 rings (SSSR count). The minimum Gasteiger partial charge on any atom is -0.377 e. The fraction of sp³-hybridized carbons (Fsp3) is 0.0800. The Morgan fingerprint density at radius 2 is 1.31 bits per heavy atom. The smallest absolute Gasteiger partial charge is 0.231 e. The Bertz CT molecular complexity index is 1420. The predicted octanol–water partition coefficient (Wildman–Crippen LogP) is 8.35. The summed E-state index contributed by atoms with van der Waals surface area (Å²) in [5.74, 6) is 0. The van der Waals surface area contributed by atoms with E-state index in [-0.39, 0.29) is 0 Å². The standard InChI is InChI=1S/C25H20N6S/c1-31(2)23-16-15-21(19-7-3-4-8-20(19)23)29-27-17-11-13-18(14-12-17)28-30-25-26-22-9-5-6-10-24(22)32-25/h3-16H,1-2H3. The third-order valence-corrected chi connectivity index (χ3v) is 5.94. The summed E-state index contributed by atoms with van der Waals surface area (Å²) in [7, 11) is 4.08. The second-order valence-electron chi connectivity index (χ2n) is 7.42. The summed E-state index contributed by atoms with van der Waals surface area (Å²) in [5.41, 5.74) is 4.43. The number of hydrogen-bond donors (Lipinski definition) is 0. The molecular formula is C25H20N6S. The number of para-hydroxylation sites is 1. The SMILES string of the molecule is CN(C)c1ccc(N=Nc2ccc(N=Nc3nc4ccccc4s3)cc2)c2ccccc12. The first-order valence-electron chi connectivity index (χ1n) is 10.2. The Morgan fingerprint density at radius 1 is 0.656 bits per heavy atom. The second-order valence-corrected chi connectivity index (χ2v) is 8.43. The van der Waals surface area contributed by atoms with Crippen molar-refractivity contribution in [2.45, 2.75) is 0 Å². The lowest BCUT2D eigenvalue weighted by atomic mass is 10.1. The van der Waals surface area contributed by atoms with Gasteiger partial charge >= 0.3 is 0 Å². The van der Waals surface area contributed by atoms with Crippen LogP contribution in [0.5, 0.6) is 0 Å². The zero-order valence-corrected chi connectivity index (χ0v) is 18.5. The van der Waals surface area contributed by atoms with Crippen molar-refractivity contribution in [3.63, 3.8) is 0 Å². The normalized spacial score (nSPS) is 11.8. The van der Waals surface area contributed by atoms with Crippen molar-refractivity contribution in [3.05, 3.63) is 84.9 Å². The van der Waals surface area contributed by atoms with Crippen molar-refractivity contribution in [2.24, 2.45) is 20.5 Å². The highest BCUT2D eigenvalue weighted by atomic mass is 32.1. The maximum atomic E-state index is 4.50. The molecule has 1 aromatic heterocycles. The highest BCUT2D eigenvalue weighted by Gasteiger charge is 2.07. The first kappa shape index (κ1) is 20.0. The lowest BCUT2D eigenvalue weighted by molar-refractivity contribution is 1.14. The topological polar surface area (TPSA) is 65.6 Å². The molecule has 5 aromatic rings. The predicted molar refractivity (Wildman–Crippen MR) is 133 cm³/mol. The monoisotopic (exact) mass is 436 g/mol. The molecule has 4 aromatic carbocycles. The van der Waals surface area contributed by atoms with Crippen LogP contribution in [0.1, 0.15) is 0 Å². The fourth-order valence-corrected chi connectivity index (χ4v) is 4.23. The molecular weight excluding hydrogens is 416 g/mol. The molecule has 0 aliphatic carbocycles. The second kappa shape index (κ2) is 8.64. The van der Waals surface area contributed by atoms with Crippen LogP contribution >= 0.6 is 11.3 Å². The van der Waals surface area contributed by atoms with E-state index in [1.165, 1.54) is 11.3 Å². The first-order valence-corrected chi connectivity index (χ1v) is 11.0. The molecule has 32 heavy (non-hydrogen) atoms. The Morgan fingerprint density at radius 3 is 2.03 bits per heavy atom. The average molecular weight is 437 g/mol. The van der Waals surface area contributed by atoms with Gasteiger partial charge in [-0.15, -0.1) is 15.3 Å². The van der Waals surface area contributed by atoms with Gasteiger partial charge in [0.15, 0.2) is 0 Å².